The van der Waals surface area contributed by atoms with Crippen LogP contribution in [-0.4, -0.2) is 10.2 Å². The van der Waals surface area contributed by atoms with Crippen molar-refractivity contribution in [1.29, 1.82) is 0 Å². The first-order valence-electron chi connectivity index (χ1n) is 5.60. The van der Waals surface area contributed by atoms with Gasteiger partial charge in [-0.15, -0.1) is 0 Å². The van der Waals surface area contributed by atoms with E-state index < -0.39 is 0 Å². The van der Waals surface area contributed by atoms with Gasteiger partial charge in [0.2, 0.25) is 0 Å². The molecule has 0 amide bonds. The first-order chi connectivity index (χ1) is 8.24. The lowest BCUT2D eigenvalue weighted by Gasteiger charge is -2.12. The Morgan fingerprint density at radius 3 is 2.71 bits per heavy atom. The molecule has 0 bridgehead atoms. The SMILES string of the molecule is Oc1ccc2c(c1)CC(c1ccccc1O)N2. The van der Waals surface area contributed by atoms with Crippen LogP contribution in [0.1, 0.15) is 17.2 Å². The van der Waals surface area contributed by atoms with Crippen LogP contribution in [0.3, 0.4) is 0 Å². The van der Waals surface area contributed by atoms with Gasteiger partial charge in [-0.2, -0.15) is 0 Å². The van der Waals surface area contributed by atoms with E-state index in [1.807, 2.05) is 24.3 Å². The second kappa shape index (κ2) is 3.70. The number of fused-ring (bicyclic) bond motifs is 1. The van der Waals surface area contributed by atoms with Crippen molar-refractivity contribution < 1.29 is 10.2 Å². The van der Waals surface area contributed by atoms with E-state index in [1.165, 1.54) is 0 Å². The Hall–Kier alpha value is -2.16. The molecule has 1 aliphatic rings. The van der Waals surface area contributed by atoms with Crippen LogP contribution < -0.4 is 5.32 Å². The summed E-state index contributed by atoms with van der Waals surface area (Å²) < 4.78 is 0. The number of nitrogens with one attached hydrogen (secondary N) is 1. The fraction of sp³-hybridized carbons (Fsp3) is 0.143. The number of anilines is 1. The fourth-order valence-corrected chi connectivity index (χ4v) is 2.32. The zero-order valence-electron chi connectivity index (χ0n) is 9.22. The molecule has 1 heterocycles. The monoisotopic (exact) mass is 227 g/mol. The van der Waals surface area contributed by atoms with Crippen molar-refractivity contribution in [3.8, 4) is 11.5 Å². The zero-order valence-corrected chi connectivity index (χ0v) is 9.22. The minimum Gasteiger partial charge on any atom is -0.508 e. The second-order valence-electron chi connectivity index (χ2n) is 4.30. The third kappa shape index (κ3) is 1.69. The lowest BCUT2D eigenvalue weighted by atomic mass is 10.0. The van der Waals surface area contributed by atoms with Gasteiger partial charge in [0.15, 0.2) is 0 Å². The molecule has 0 saturated heterocycles. The molecule has 0 radical (unpaired) electrons. The highest BCUT2D eigenvalue weighted by Crippen LogP contribution is 2.38. The molecule has 2 aromatic carbocycles. The van der Waals surface area contributed by atoms with Crippen LogP contribution >= 0.6 is 0 Å². The first kappa shape index (κ1) is 10.0. The van der Waals surface area contributed by atoms with E-state index in [4.69, 9.17) is 0 Å². The first-order valence-corrected chi connectivity index (χ1v) is 5.60. The van der Waals surface area contributed by atoms with Crippen molar-refractivity contribution in [2.75, 3.05) is 5.32 Å². The van der Waals surface area contributed by atoms with Gasteiger partial charge >= 0.3 is 0 Å². The summed E-state index contributed by atoms with van der Waals surface area (Å²) in [5, 5.41) is 22.6. The van der Waals surface area contributed by atoms with Crippen LogP contribution in [0.2, 0.25) is 0 Å². The van der Waals surface area contributed by atoms with E-state index in [-0.39, 0.29) is 11.8 Å². The van der Waals surface area contributed by atoms with Crippen molar-refractivity contribution in [1.82, 2.24) is 0 Å². The van der Waals surface area contributed by atoms with Crippen LogP contribution in [0.15, 0.2) is 42.5 Å². The summed E-state index contributed by atoms with van der Waals surface area (Å²) >= 11 is 0. The maximum Gasteiger partial charge on any atom is 0.120 e. The highest BCUT2D eigenvalue weighted by Gasteiger charge is 2.23. The molecule has 86 valence electrons. The van der Waals surface area contributed by atoms with Gasteiger partial charge in [-0.1, -0.05) is 18.2 Å². The van der Waals surface area contributed by atoms with E-state index in [2.05, 4.69) is 5.32 Å². The summed E-state index contributed by atoms with van der Waals surface area (Å²) in [7, 11) is 0. The Labute approximate surface area is 99.4 Å². The number of phenols is 2. The molecule has 0 saturated carbocycles. The van der Waals surface area contributed by atoms with Gasteiger partial charge < -0.3 is 15.5 Å². The third-order valence-electron chi connectivity index (χ3n) is 3.15. The van der Waals surface area contributed by atoms with Gasteiger partial charge in [0.25, 0.3) is 0 Å². The Balaban J connectivity index is 1.94. The van der Waals surface area contributed by atoms with Crippen LogP contribution in [0.4, 0.5) is 5.69 Å². The molecule has 3 rings (SSSR count). The van der Waals surface area contributed by atoms with E-state index in [1.54, 1.807) is 18.2 Å². The number of hydrogen-bond donors (Lipinski definition) is 3. The van der Waals surface area contributed by atoms with E-state index >= 15 is 0 Å². The lowest BCUT2D eigenvalue weighted by Crippen LogP contribution is -2.05. The Morgan fingerprint density at radius 1 is 1.06 bits per heavy atom. The van der Waals surface area contributed by atoms with Crippen LogP contribution in [0.5, 0.6) is 11.5 Å². The number of para-hydroxylation sites is 1. The highest BCUT2D eigenvalue weighted by molar-refractivity contribution is 5.61. The molecule has 2 aromatic rings. The average Bonchev–Trinajstić information content (AvgIpc) is 2.72. The Bertz CT molecular complexity index is 566. The minimum atomic E-state index is 0.0769. The lowest BCUT2D eigenvalue weighted by molar-refractivity contribution is 0.464. The zero-order chi connectivity index (χ0) is 11.8. The maximum atomic E-state index is 9.82. The molecule has 0 spiro atoms. The molecule has 3 N–H and O–H groups in total. The Morgan fingerprint density at radius 2 is 1.88 bits per heavy atom. The van der Waals surface area contributed by atoms with E-state index in [0.29, 0.717) is 5.75 Å². The smallest absolute Gasteiger partial charge is 0.120 e. The topological polar surface area (TPSA) is 52.5 Å². The molecule has 17 heavy (non-hydrogen) atoms. The number of aromatic hydroxyl groups is 2. The molecule has 0 aliphatic carbocycles. The standard InChI is InChI=1S/C14H13NO2/c16-10-5-6-12-9(7-10)8-13(15-12)11-3-1-2-4-14(11)17/h1-7,13,15-17H,8H2. The van der Waals surface area contributed by atoms with E-state index in [9.17, 15) is 10.2 Å². The van der Waals surface area contributed by atoms with E-state index in [0.717, 1.165) is 23.2 Å². The summed E-state index contributed by atoms with van der Waals surface area (Å²) in [5.74, 6) is 0.588. The number of rotatable bonds is 1. The predicted octanol–water partition coefficient (Wildman–Crippen LogP) is 2.81. The van der Waals surface area contributed by atoms with Crippen molar-refractivity contribution in [2.45, 2.75) is 12.5 Å². The normalized spacial score (nSPS) is 17.5. The van der Waals surface area contributed by atoms with Crippen molar-refractivity contribution >= 4 is 5.69 Å². The van der Waals surface area contributed by atoms with Crippen molar-refractivity contribution in [3.63, 3.8) is 0 Å². The Kier molecular flexibility index (Phi) is 2.18. The molecule has 3 nitrogen and oxygen atoms in total. The van der Waals surface area contributed by atoms with Gasteiger partial charge in [0.05, 0.1) is 6.04 Å². The van der Waals surface area contributed by atoms with Crippen LogP contribution in [0, 0.1) is 0 Å². The largest absolute Gasteiger partial charge is 0.508 e. The molecule has 0 fully saturated rings. The average molecular weight is 227 g/mol. The fourth-order valence-electron chi connectivity index (χ4n) is 2.32. The predicted molar refractivity (Wildman–Crippen MR) is 66.3 cm³/mol. The molecule has 1 aliphatic heterocycles. The number of hydrogen-bond acceptors (Lipinski definition) is 3. The van der Waals surface area contributed by atoms with Gasteiger partial charge in [0.1, 0.15) is 11.5 Å². The summed E-state index contributed by atoms with van der Waals surface area (Å²) in [6, 6.07) is 12.7. The molecular formula is C14H13NO2. The molecule has 1 unspecified atom stereocenters. The molecule has 1 atom stereocenters. The van der Waals surface area contributed by atoms with Crippen molar-refractivity contribution in [2.24, 2.45) is 0 Å². The van der Waals surface area contributed by atoms with Gasteiger partial charge in [-0.25, -0.2) is 0 Å². The van der Waals surface area contributed by atoms with Crippen molar-refractivity contribution in [3.05, 3.63) is 53.6 Å². The van der Waals surface area contributed by atoms with Gasteiger partial charge in [-0.3, -0.25) is 0 Å². The van der Waals surface area contributed by atoms with Gasteiger partial charge in [0, 0.05) is 11.3 Å². The maximum absolute atomic E-state index is 9.82. The summed E-state index contributed by atoms with van der Waals surface area (Å²) in [4.78, 5) is 0. The minimum absolute atomic E-state index is 0.0769. The molecule has 3 heteroatoms. The summed E-state index contributed by atoms with van der Waals surface area (Å²) in [5.41, 5.74) is 3.00. The number of phenolic OH excluding ortho intramolecular Hbond substituents is 2. The summed E-state index contributed by atoms with van der Waals surface area (Å²) in [6.07, 6.45) is 0.779. The van der Waals surface area contributed by atoms with Crippen LogP contribution in [0.25, 0.3) is 0 Å². The summed E-state index contributed by atoms with van der Waals surface area (Å²) in [6.45, 7) is 0. The third-order valence-corrected chi connectivity index (χ3v) is 3.15. The number of benzene rings is 2. The molecular weight excluding hydrogens is 214 g/mol. The quantitative estimate of drug-likeness (QED) is 0.656. The second-order valence-corrected chi connectivity index (χ2v) is 4.30. The van der Waals surface area contributed by atoms with Gasteiger partial charge in [-0.05, 0) is 36.2 Å². The molecule has 0 aromatic heterocycles. The highest BCUT2D eigenvalue weighted by atomic mass is 16.3. The van der Waals surface area contributed by atoms with Crippen LogP contribution in [-0.2, 0) is 6.42 Å².